The molecule has 0 radical (unpaired) electrons. The monoisotopic (exact) mass is 213 g/mol. The van der Waals surface area contributed by atoms with Crippen molar-refractivity contribution in [1.82, 2.24) is 4.90 Å². The van der Waals surface area contributed by atoms with Gasteiger partial charge < -0.3 is 10.0 Å². The Balaban J connectivity index is 2.54. The Kier molecular flexibility index (Phi) is 4.14. The molecule has 1 heterocycles. The number of carbonyl (C=O) groups is 1. The first-order chi connectivity index (χ1) is 6.94. The Morgan fingerprint density at radius 3 is 2.73 bits per heavy atom. The number of amides is 1. The fraction of sp³-hybridized carbons (Fsp3) is 0.917. The number of rotatable bonds is 3. The molecule has 3 heteroatoms. The molecule has 0 aromatic carbocycles. The summed E-state index contributed by atoms with van der Waals surface area (Å²) in [4.78, 5) is 13.6. The zero-order valence-electron chi connectivity index (χ0n) is 10.1. The van der Waals surface area contributed by atoms with Gasteiger partial charge in [0.15, 0.2) is 0 Å². The van der Waals surface area contributed by atoms with Crippen molar-refractivity contribution in [3.05, 3.63) is 0 Å². The van der Waals surface area contributed by atoms with E-state index in [9.17, 15) is 9.90 Å². The van der Waals surface area contributed by atoms with Gasteiger partial charge in [0, 0.05) is 19.5 Å². The van der Waals surface area contributed by atoms with Gasteiger partial charge in [-0.15, -0.1) is 0 Å². The van der Waals surface area contributed by atoms with Crippen molar-refractivity contribution < 1.29 is 9.90 Å². The quantitative estimate of drug-likeness (QED) is 0.776. The Bertz CT molecular complexity index is 226. The minimum atomic E-state index is -0.366. The maximum absolute atomic E-state index is 11.8. The average Bonchev–Trinajstić information content (AvgIpc) is 2.31. The van der Waals surface area contributed by atoms with E-state index in [-0.39, 0.29) is 17.4 Å². The number of aliphatic hydroxyl groups excluding tert-OH is 1. The molecule has 1 rings (SSSR count). The number of β-amino-alcohol motifs (C(OH)–C–C–N with tert-alkyl or cyclic N) is 1. The first-order valence-electron chi connectivity index (χ1n) is 5.90. The smallest absolute Gasteiger partial charge is 0.222 e. The van der Waals surface area contributed by atoms with Gasteiger partial charge in [-0.1, -0.05) is 20.8 Å². The second-order valence-electron chi connectivity index (χ2n) is 5.32. The van der Waals surface area contributed by atoms with E-state index in [0.717, 1.165) is 19.4 Å². The number of carbonyl (C=O) groups excluding carboxylic acids is 1. The number of aliphatic hydroxyl groups is 1. The number of hydrogen-bond acceptors (Lipinski definition) is 2. The molecule has 1 aliphatic heterocycles. The standard InChI is InChI=1S/C12H23NO2/c1-4-10(14)9-13-8-7-12(2,3)6-5-11(13)15/h10,14H,4-9H2,1-3H3. The summed E-state index contributed by atoms with van der Waals surface area (Å²) in [6.45, 7) is 7.66. The summed E-state index contributed by atoms with van der Waals surface area (Å²) in [6.07, 6.45) is 2.98. The molecule has 1 unspecified atom stereocenters. The highest BCUT2D eigenvalue weighted by Crippen LogP contribution is 2.30. The van der Waals surface area contributed by atoms with Crippen LogP contribution in [-0.4, -0.2) is 35.1 Å². The number of likely N-dealkylation sites (tertiary alicyclic amines) is 1. The molecule has 1 saturated heterocycles. The Hall–Kier alpha value is -0.570. The van der Waals surface area contributed by atoms with Gasteiger partial charge in [0.25, 0.3) is 0 Å². The maximum atomic E-state index is 11.8. The SMILES string of the molecule is CCC(O)CN1CCC(C)(C)CCC1=O. The topological polar surface area (TPSA) is 40.5 Å². The summed E-state index contributed by atoms with van der Waals surface area (Å²) < 4.78 is 0. The van der Waals surface area contributed by atoms with E-state index in [0.29, 0.717) is 19.4 Å². The van der Waals surface area contributed by atoms with Gasteiger partial charge in [0.05, 0.1) is 6.10 Å². The third-order valence-corrected chi connectivity index (χ3v) is 3.33. The van der Waals surface area contributed by atoms with Gasteiger partial charge in [0.1, 0.15) is 0 Å². The zero-order valence-corrected chi connectivity index (χ0v) is 10.1. The molecule has 1 fully saturated rings. The van der Waals surface area contributed by atoms with Crippen molar-refractivity contribution in [2.24, 2.45) is 5.41 Å². The van der Waals surface area contributed by atoms with Crippen LogP contribution in [0.4, 0.5) is 0 Å². The van der Waals surface area contributed by atoms with Crippen LogP contribution in [0.1, 0.15) is 46.5 Å². The molecule has 1 amide bonds. The summed E-state index contributed by atoms with van der Waals surface area (Å²) in [5, 5.41) is 9.56. The van der Waals surface area contributed by atoms with Crippen LogP contribution in [0, 0.1) is 5.41 Å². The summed E-state index contributed by atoms with van der Waals surface area (Å²) in [5.41, 5.74) is 0.265. The second-order valence-corrected chi connectivity index (χ2v) is 5.32. The lowest BCUT2D eigenvalue weighted by Gasteiger charge is -2.25. The van der Waals surface area contributed by atoms with Gasteiger partial charge in [-0.05, 0) is 24.7 Å². The van der Waals surface area contributed by atoms with Crippen LogP contribution in [0.3, 0.4) is 0 Å². The van der Waals surface area contributed by atoms with E-state index in [2.05, 4.69) is 13.8 Å². The van der Waals surface area contributed by atoms with Gasteiger partial charge in [-0.2, -0.15) is 0 Å². The molecule has 1 atom stereocenters. The average molecular weight is 213 g/mol. The third-order valence-electron chi connectivity index (χ3n) is 3.33. The van der Waals surface area contributed by atoms with Crippen LogP contribution in [0.5, 0.6) is 0 Å². The molecule has 0 bridgehead atoms. The molecule has 15 heavy (non-hydrogen) atoms. The van der Waals surface area contributed by atoms with Crippen LogP contribution < -0.4 is 0 Å². The van der Waals surface area contributed by atoms with E-state index in [4.69, 9.17) is 0 Å². The molecular formula is C12H23NO2. The summed E-state index contributed by atoms with van der Waals surface area (Å²) in [7, 11) is 0. The van der Waals surface area contributed by atoms with E-state index >= 15 is 0 Å². The highest BCUT2D eigenvalue weighted by molar-refractivity contribution is 5.76. The van der Waals surface area contributed by atoms with Gasteiger partial charge >= 0.3 is 0 Å². The van der Waals surface area contributed by atoms with Crippen LogP contribution >= 0.6 is 0 Å². The minimum absolute atomic E-state index is 0.202. The molecule has 0 aromatic rings. The van der Waals surface area contributed by atoms with Gasteiger partial charge in [-0.25, -0.2) is 0 Å². The molecule has 0 aliphatic carbocycles. The van der Waals surface area contributed by atoms with E-state index in [1.54, 1.807) is 0 Å². The molecule has 1 N–H and O–H groups in total. The van der Waals surface area contributed by atoms with Crippen LogP contribution in [-0.2, 0) is 4.79 Å². The van der Waals surface area contributed by atoms with Crippen molar-refractivity contribution in [2.75, 3.05) is 13.1 Å². The number of hydrogen-bond donors (Lipinski definition) is 1. The van der Waals surface area contributed by atoms with E-state index < -0.39 is 0 Å². The largest absolute Gasteiger partial charge is 0.391 e. The molecule has 1 aliphatic rings. The lowest BCUT2D eigenvalue weighted by Crippen LogP contribution is -2.37. The van der Waals surface area contributed by atoms with Crippen molar-refractivity contribution in [3.63, 3.8) is 0 Å². The van der Waals surface area contributed by atoms with Crippen molar-refractivity contribution in [2.45, 2.75) is 52.6 Å². The predicted octanol–water partition coefficient (Wildman–Crippen LogP) is 1.80. The van der Waals surface area contributed by atoms with Gasteiger partial charge in [-0.3, -0.25) is 4.79 Å². The first-order valence-corrected chi connectivity index (χ1v) is 5.90. The Morgan fingerprint density at radius 1 is 1.47 bits per heavy atom. The second kappa shape index (κ2) is 4.97. The van der Waals surface area contributed by atoms with E-state index in [1.165, 1.54) is 0 Å². The van der Waals surface area contributed by atoms with Crippen molar-refractivity contribution in [1.29, 1.82) is 0 Å². The third kappa shape index (κ3) is 3.82. The number of nitrogens with zero attached hydrogens (tertiary/aromatic N) is 1. The molecule has 0 saturated carbocycles. The fourth-order valence-electron chi connectivity index (χ4n) is 1.87. The highest BCUT2D eigenvalue weighted by atomic mass is 16.3. The maximum Gasteiger partial charge on any atom is 0.222 e. The molecule has 88 valence electrons. The minimum Gasteiger partial charge on any atom is -0.391 e. The molecule has 0 aromatic heterocycles. The fourth-order valence-corrected chi connectivity index (χ4v) is 1.87. The zero-order chi connectivity index (χ0) is 11.5. The predicted molar refractivity (Wildman–Crippen MR) is 60.5 cm³/mol. The molecular weight excluding hydrogens is 190 g/mol. The normalized spacial score (nSPS) is 23.7. The lowest BCUT2D eigenvalue weighted by molar-refractivity contribution is -0.132. The summed E-state index contributed by atoms with van der Waals surface area (Å²) >= 11 is 0. The van der Waals surface area contributed by atoms with Gasteiger partial charge in [0.2, 0.25) is 5.91 Å². The first kappa shape index (κ1) is 12.5. The van der Waals surface area contributed by atoms with Crippen LogP contribution in [0.15, 0.2) is 0 Å². The van der Waals surface area contributed by atoms with Crippen LogP contribution in [0.25, 0.3) is 0 Å². The lowest BCUT2D eigenvalue weighted by atomic mass is 9.85. The van der Waals surface area contributed by atoms with Crippen LogP contribution in [0.2, 0.25) is 0 Å². The summed E-state index contributed by atoms with van der Waals surface area (Å²) in [5.74, 6) is 0.202. The highest BCUT2D eigenvalue weighted by Gasteiger charge is 2.27. The Morgan fingerprint density at radius 2 is 2.13 bits per heavy atom. The van der Waals surface area contributed by atoms with Crippen molar-refractivity contribution >= 4 is 5.91 Å². The molecule has 0 spiro atoms. The summed E-state index contributed by atoms with van der Waals surface area (Å²) in [6, 6.07) is 0. The van der Waals surface area contributed by atoms with Crippen molar-refractivity contribution in [3.8, 4) is 0 Å². The van der Waals surface area contributed by atoms with E-state index in [1.807, 2.05) is 11.8 Å². The molecule has 3 nitrogen and oxygen atoms in total. The Labute approximate surface area is 92.5 Å².